The third kappa shape index (κ3) is 6.63. The van der Waals surface area contributed by atoms with Crippen molar-refractivity contribution in [1.82, 2.24) is 14.8 Å². The van der Waals surface area contributed by atoms with Crippen LogP contribution in [0.4, 0.5) is 0 Å². The standard InChI is InChI=1S/C20H27N3O5S2/c1-14(2)22-29(25,26)18-10-8-17(9-11-18)20(24)21-13-16-6-5-7-19(12-16)30(27,28)23-15(3)4/h5-12,14-15,22-23H,13H2,1-4H3,(H,21,24). The Hall–Kier alpha value is -2.27. The Labute approximate surface area is 178 Å². The number of hydrogen-bond acceptors (Lipinski definition) is 5. The summed E-state index contributed by atoms with van der Waals surface area (Å²) in [7, 11) is -7.26. The van der Waals surface area contributed by atoms with Gasteiger partial charge in [0.2, 0.25) is 20.0 Å². The fourth-order valence-electron chi connectivity index (χ4n) is 2.65. The summed E-state index contributed by atoms with van der Waals surface area (Å²) in [5.74, 6) is -0.399. The van der Waals surface area contributed by atoms with E-state index in [9.17, 15) is 21.6 Å². The van der Waals surface area contributed by atoms with Gasteiger partial charge in [0.25, 0.3) is 5.91 Å². The smallest absolute Gasteiger partial charge is 0.251 e. The highest BCUT2D eigenvalue weighted by Gasteiger charge is 2.17. The zero-order valence-electron chi connectivity index (χ0n) is 17.3. The molecule has 0 aromatic heterocycles. The lowest BCUT2D eigenvalue weighted by Gasteiger charge is -2.12. The van der Waals surface area contributed by atoms with Gasteiger partial charge in [-0.1, -0.05) is 12.1 Å². The lowest BCUT2D eigenvalue weighted by Crippen LogP contribution is -2.30. The maximum Gasteiger partial charge on any atom is 0.251 e. The van der Waals surface area contributed by atoms with Crippen molar-refractivity contribution < 1.29 is 21.6 Å². The molecule has 0 aliphatic rings. The fourth-order valence-corrected chi connectivity index (χ4v) is 5.22. The SMILES string of the molecule is CC(C)NS(=O)(=O)c1ccc(C(=O)NCc2cccc(S(=O)(=O)NC(C)C)c2)cc1. The van der Waals surface area contributed by atoms with Gasteiger partial charge >= 0.3 is 0 Å². The maximum absolute atomic E-state index is 12.4. The van der Waals surface area contributed by atoms with E-state index in [1.165, 1.54) is 36.4 Å². The third-order valence-corrected chi connectivity index (χ3v) is 7.20. The molecule has 164 valence electrons. The van der Waals surface area contributed by atoms with Crippen LogP contribution in [0.25, 0.3) is 0 Å². The van der Waals surface area contributed by atoms with Gasteiger partial charge in [-0.3, -0.25) is 4.79 Å². The predicted molar refractivity (Wildman–Crippen MR) is 115 cm³/mol. The topological polar surface area (TPSA) is 121 Å². The van der Waals surface area contributed by atoms with Crippen LogP contribution < -0.4 is 14.8 Å². The number of sulfonamides is 2. The number of hydrogen-bond donors (Lipinski definition) is 3. The van der Waals surface area contributed by atoms with E-state index in [-0.39, 0.29) is 28.4 Å². The molecule has 8 nitrogen and oxygen atoms in total. The zero-order chi connectivity index (χ0) is 22.5. The molecule has 0 heterocycles. The van der Waals surface area contributed by atoms with E-state index >= 15 is 0 Å². The second-order valence-electron chi connectivity index (χ2n) is 7.41. The molecule has 0 bridgehead atoms. The molecule has 1 amide bonds. The summed E-state index contributed by atoms with van der Waals surface area (Å²) in [5, 5.41) is 2.71. The molecule has 0 unspecified atom stereocenters. The van der Waals surface area contributed by atoms with Crippen LogP contribution in [0.15, 0.2) is 58.3 Å². The maximum atomic E-state index is 12.4. The van der Waals surface area contributed by atoms with Gasteiger partial charge in [-0.25, -0.2) is 26.3 Å². The number of carbonyl (C=O) groups excluding carboxylic acids is 1. The highest BCUT2D eigenvalue weighted by molar-refractivity contribution is 7.89. The molecule has 0 saturated carbocycles. The molecule has 0 radical (unpaired) electrons. The van der Waals surface area contributed by atoms with Crippen molar-refractivity contribution in [3.63, 3.8) is 0 Å². The van der Waals surface area contributed by atoms with Gasteiger partial charge in [-0.2, -0.15) is 0 Å². The summed E-state index contributed by atoms with van der Waals surface area (Å²) < 4.78 is 53.8. The van der Waals surface area contributed by atoms with Gasteiger partial charge in [-0.15, -0.1) is 0 Å². The predicted octanol–water partition coefficient (Wildman–Crippen LogP) is 1.99. The first-order valence-electron chi connectivity index (χ1n) is 9.42. The lowest BCUT2D eigenvalue weighted by atomic mass is 10.2. The van der Waals surface area contributed by atoms with Crippen molar-refractivity contribution in [2.75, 3.05) is 0 Å². The Morgan fingerprint density at radius 1 is 0.800 bits per heavy atom. The first-order valence-corrected chi connectivity index (χ1v) is 12.4. The quantitative estimate of drug-likeness (QED) is 0.536. The monoisotopic (exact) mass is 453 g/mol. The molecule has 0 spiro atoms. The van der Waals surface area contributed by atoms with Crippen LogP contribution in [0, 0.1) is 0 Å². The van der Waals surface area contributed by atoms with Gasteiger partial charge in [-0.05, 0) is 69.7 Å². The molecule has 0 saturated heterocycles. The Kier molecular flexibility index (Phi) is 7.75. The minimum absolute atomic E-state index is 0.0725. The summed E-state index contributed by atoms with van der Waals surface area (Å²) >= 11 is 0. The molecule has 0 aliphatic heterocycles. The normalized spacial score (nSPS) is 12.3. The second kappa shape index (κ2) is 9.69. The third-order valence-electron chi connectivity index (χ3n) is 3.87. The molecule has 2 aromatic rings. The van der Waals surface area contributed by atoms with Gasteiger partial charge in [0.05, 0.1) is 9.79 Å². The Balaban J connectivity index is 2.07. The van der Waals surface area contributed by atoms with E-state index in [0.29, 0.717) is 11.1 Å². The molecule has 0 atom stereocenters. The van der Waals surface area contributed by atoms with Crippen molar-refractivity contribution in [2.24, 2.45) is 0 Å². The minimum atomic E-state index is -3.63. The van der Waals surface area contributed by atoms with Crippen LogP contribution in [-0.2, 0) is 26.6 Å². The van der Waals surface area contributed by atoms with Gasteiger partial charge in [0.1, 0.15) is 0 Å². The van der Waals surface area contributed by atoms with E-state index in [2.05, 4.69) is 14.8 Å². The molecule has 0 aliphatic carbocycles. The number of rotatable bonds is 9. The van der Waals surface area contributed by atoms with Gasteiger partial charge in [0, 0.05) is 24.2 Å². The number of nitrogens with one attached hydrogen (secondary N) is 3. The molecular formula is C20H27N3O5S2. The van der Waals surface area contributed by atoms with Crippen LogP contribution in [0.2, 0.25) is 0 Å². The molecular weight excluding hydrogens is 426 g/mol. The zero-order valence-corrected chi connectivity index (χ0v) is 19.0. The van der Waals surface area contributed by atoms with Crippen molar-refractivity contribution in [2.45, 2.75) is 56.1 Å². The van der Waals surface area contributed by atoms with Crippen LogP contribution in [-0.4, -0.2) is 34.8 Å². The lowest BCUT2D eigenvalue weighted by molar-refractivity contribution is 0.0950. The first-order chi connectivity index (χ1) is 13.9. The highest BCUT2D eigenvalue weighted by atomic mass is 32.2. The van der Waals surface area contributed by atoms with E-state index in [1.807, 2.05) is 0 Å². The largest absolute Gasteiger partial charge is 0.348 e. The second-order valence-corrected chi connectivity index (χ2v) is 10.8. The summed E-state index contributed by atoms with van der Waals surface area (Å²) in [4.78, 5) is 12.6. The van der Waals surface area contributed by atoms with Gasteiger partial charge < -0.3 is 5.32 Å². The molecule has 30 heavy (non-hydrogen) atoms. The molecule has 2 rings (SSSR count). The Bertz CT molecular complexity index is 1090. The average molecular weight is 454 g/mol. The highest BCUT2D eigenvalue weighted by Crippen LogP contribution is 2.14. The summed E-state index contributed by atoms with van der Waals surface area (Å²) in [6.45, 7) is 7.03. The van der Waals surface area contributed by atoms with Crippen LogP contribution in [0.1, 0.15) is 43.6 Å². The average Bonchev–Trinajstić information content (AvgIpc) is 2.64. The van der Waals surface area contributed by atoms with Crippen molar-refractivity contribution in [1.29, 1.82) is 0 Å². The molecule has 2 aromatic carbocycles. The Morgan fingerprint density at radius 2 is 1.33 bits per heavy atom. The first kappa shape index (κ1) is 24.0. The number of amides is 1. The summed E-state index contributed by atoms with van der Waals surface area (Å²) in [6.07, 6.45) is 0. The fraction of sp³-hybridized carbons (Fsp3) is 0.350. The van der Waals surface area contributed by atoms with E-state index in [1.54, 1.807) is 39.8 Å². The van der Waals surface area contributed by atoms with E-state index in [4.69, 9.17) is 0 Å². The van der Waals surface area contributed by atoms with Crippen molar-refractivity contribution in [3.8, 4) is 0 Å². The minimum Gasteiger partial charge on any atom is -0.348 e. The van der Waals surface area contributed by atoms with Gasteiger partial charge in [0.15, 0.2) is 0 Å². The van der Waals surface area contributed by atoms with E-state index < -0.39 is 26.0 Å². The number of carbonyl (C=O) groups is 1. The van der Waals surface area contributed by atoms with E-state index in [0.717, 1.165) is 0 Å². The van der Waals surface area contributed by atoms with Crippen LogP contribution in [0.5, 0.6) is 0 Å². The summed E-state index contributed by atoms with van der Waals surface area (Å²) in [6, 6.07) is 11.4. The summed E-state index contributed by atoms with van der Waals surface area (Å²) in [5.41, 5.74) is 0.916. The Morgan fingerprint density at radius 3 is 1.87 bits per heavy atom. The van der Waals surface area contributed by atoms with Crippen LogP contribution in [0.3, 0.4) is 0 Å². The molecule has 10 heteroatoms. The van der Waals surface area contributed by atoms with Crippen LogP contribution >= 0.6 is 0 Å². The molecule has 0 fully saturated rings. The molecule has 3 N–H and O–H groups in total. The van der Waals surface area contributed by atoms with Crippen molar-refractivity contribution >= 4 is 26.0 Å². The van der Waals surface area contributed by atoms with Crippen molar-refractivity contribution in [3.05, 3.63) is 59.7 Å². The number of benzene rings is 2.